The number of phenols is 1. The molecule has 1 aromatic carbocycles. The third-order valence-corrected chi connectivity index (χ3v) is 3.85. The molecule has 0 aliphatic heterocycles. The van der Waals surface area contributed by atoms with E-state index in [1.54, 1.807) is 30.5 Å². The molecule has 27 heavy (non-hydrogen) atoms. The summed E-state index contributed by atoms with van der Waals surface area (Å²) in [7, 11) is 0. The molecule has 2 amide bonds. The number of hydrogen-bond acceptors (Lipinski definition) is 5. The number of aromatic hydroxyl groups is 1. The van der Waals surface area contributed by atoms with Crippen LogP contribution in [-0.2, 0) is 5.41 Å². The van der Waals surface area contributed by atoms with Gasteiger partial charge in [0.05, 0.1) is 5.69 Å². The number of benzene rings is 1. The molecule has 2 aromatic heterocycles. The minimum atomic E-state index is -0.559. The number of urea groups is 1. The van der Waals surface area contributed by atoms with Crippen molar-refractivity contribution in [2.45, 2.75) is 26.2 Å². The minimum absolute atomic E-state index is 0.107. The molecule has 2 heterocycles. The van der Waals surface area contributed by atoms with Crippen LogP contribution >= 0.6 is 0 Å². The van der Waals surface area contributed by atoms with Gasteiger partial charge in [0.25, 0.3) is 0 Å². The Morgan fingerprint density at radius 1 is 1.11 bits per heavy atom. The van der Waals surface area contributed by atoms with Crippen molar-refractivity contribution in [3.63, 3.8) is 0 Å². The molecule has 0 saturated carbocycles. The Bertz CT molecular complexity index is 1010. The van der Waals surface area contributed by atoms with Gasteiger partial charge < -0.3 is 19.9 Å². The Morgan fingerprint density at radius 3 is 2.44 bits per heavy atom. The van der Waals surface area contributed by atoms with E-state index in [0.29, 0.717) is 11.3 Å². The molecule has 0 saturated heterocycles. The lowest BCUT2D eigenvalue weighted by molar-refractivity contribution is 0.261. The van der Waals surface area contributed by atoms with Gasteiger partial charge >= 0.3 is 6.03 Å². The molecule has 0 unspecified atom stereocenters. The Balaban J connectivity index is 1.70. The molecule has 3 rings (SSSR count). The SMILES string of the molecule is CC(C)(C)c1cc(NC(=O)Nc2ccc(-c3ccc(=O)[nH]c3)cc2O)no1. The number of hydrogen-bond donors (Lipinski definition) is 4. The summed E-state index contributed by atoms with van der Waals surface area (Å²) in [5.74, 6) is 0.817. The van der Waals surface area contributed by atoms with Gasteiger partial charge in [-0.25, -0.2) is 4.79 Å². The highest BCUT2D eigenvalue weighted by atomic mass is 16.5. The first-order valence-electron chi connectivity index (χ1n) is 8.30. The van der Waals surface area contributed by atoms with Gasteiger partial charge in [-0.3, -0.25) is 10.1 Å². The molecular weight excluding hydrogens is 348 g/mol. The highest BCUT2D eigenvalue weighted by Crippen LogP contribution is 2.29. The monoisotopic (exact) mass is 368 g/mol. The normalized spacial score (nSPS) is 11.2. The lowest BCUT2D eigenvalue weighted by atomic mass is 9.93. The molecule has 8 nitrogen and oxygen atoms in total. The zero-order chi connectivity index (χ0) is 19.6. The summed E-state index contributed by atoms with van der Waals surface area (Å²) in [6.45, 7) is 5.91. The van der Waals surface area contributed by atoms with Crippen LogP contribution in [0.5, 0.6) is 5.75 Å². The molecular formula is C19H20N4O4. The first-order valence-corrected chi connectivity index (χ1v) is 8.30. The van der Waals surface area contributed by atoms with E-state index in [-0.39, 0.29) is 28.2 Å². The van der Waals surface area contributed by atoms with Gasteiger partial charge in [0.2, 0.25) is 5.56 Å². The summed E-state index contributed by atoms with van der Waals surface area (Å²) >= 11 is 0. The van der Waals surface area contributed by atoms with Gasteiger partial charge in [0.15, 0.2) is 5.82 Å². The van der Waals surface area contributed by atoms with Crippen molar-refractivity contribution in [2.75, 3.05) is 10.6 Å². The van der Waals surface area contributed by atoms with E-state index in [9.17, 15) is 14.7 Å². The van der Waals surface area contributed by atoms with Crippen LogP contribution in [0.25, 0.3) is 11.1 Å². The van der Waals surface area contributed by atoms with Gasteiger partial charge in [-0.1, -0.05) is 32.0 Å². The molecule has 0 fully saturated rings. The summed E-state index contributed by atoms with van der Waals surface area (Å²) in [6, 6.07) is 8.92. The molecule has 0 aliphatic rings. The Labute approximate surface area is 155 Å². The highest BCUT2D eigenvalue weighted by Gasteiger charge is 2.20. The molecule has 0 bridgehead atoms. The fourth-order valence-electron chi connectivity index (χ4n) is 2.36. The second kappa shape index (κ2) is 6.99. The third kappa shape index (κ3) is 4.35. The molecule has 140 valence electrons. The number of phenolic OH excluding ortho intramolecular Hbond substituents is 1. The maximum atomic E-state index is 12.1. The number of aromatic amines is 1. The number of H-pyrrole nitrogens is 1. The van der Waals surface area contributed by atoms with Crippen LogP contribution in [-0.4, -0.2) is 21.3 Å². The molecule has 0 atom stereocenters. The van der Waals surface area contributed by atoms with Crippen LogP contribution in [0.4, 0.5) is 16.3 Å². The van der Waals surface area contributed by atoms with E-state index < -0.39 is 6.03 Å². The molecule has 4 N–H and O–H groups in total. The van der Waals surface area contributed by atoms with E-state index in [4.69, 9.17) is 4.52 Å². The Kier molecular flexibility index (Phi) is 4.72. The summed E-state index contributed by atoms with van der Waals surface area (Å²) in [5.41, 5.74) is 1.24. The predicted molar refractivity (Wildman–Crippen MR) is 102 cm³/mol. The van der Waals surface area contributed by atoms with Crippen LogP contribution in [0.2, 0.25) is 0 Å². The largest absolute Gasteiger partial charge is 0.506 e. The molecule has 8 heteroatoms. The first kappa shape index (κ1) is 18.2. The zero-order valence-corrected chi connectivity index (χ0v) is 15.2. The predicted octanol–water partition coefficient (Wildman–Crippen LogP) is 3.68. The van der Waals surface area contributed by atoms with Crippen LogP contribution in [0.3, 0.4) is 0 Å². The number of anilines is 2. The summed E-state index contributed by atoms with van der Waals surface area (Å²) in [5, 5.41) is 19.1. The maximum Gasteiger partial charge on any atom is 0.325 e. The van der Waals surface area contributed by atoms with Crippen LogP contribution in [0.15, 0.2) is 51.9 Å². The number of pyridine rings is 1. The number of rotatable bonds is 3. The van der Waals surface area contributed by atoms with Gasteiger partial charge in [-0.15, -0.1) is 0 Å². The zero-order valence-electron chi connectivity index (χ0n) is 15.2. The Morgan fingerprint density at radius 2 is 1.85 bits per heavy atom. The van der Waals surface area contributed by atoms with E-state index in [2.05, 4.69) is 20.8 Å². The molecule has 0 spiro atoms. The Hall–Kier alpha value is -3.55. The van der Waals surface area contributed by atoms with Crippen molar-refractivity contribution in [1.29, 1.82) is 0 Å². The maximum absolute atomic E-state index is 12.1. The molecule has 3 aromatic rings. The van der Waals surface area contributed by atoms with Crippen LogP contribution in [0, 0.1) is 0 Å². The molecule has 0 radical (unpaired) electrons. The average molecular weight is 368 g/mol. The standard InChI is InChI=1S/C19H20N4O4/c1-19(2,3)15-9-16(23-27-15)22-18(26)21-13-6-4-11(8-14(13)24)12-5-7-17(25)20-10-12/h4-10,24H,1-3H3,(H,20,25)(H2,21,22,23,26). The number of aromatic nitrogens is 2. The van der Waals surface area contributed by atoms with Crippen LogP contribution in [0.1, 0.15) is 26.5 Å². The summed E-state index contributed by atoms with van der Waals surface area (Å²) < 4.78 is 5.21. The highest BCUT2D eigenvalue weighted by molar-refractivity contribution is 6.00. The number of nitrogens with zero attached hydrogens (tertiary/aromatic N) is 1. The number of carbonyl (C=O) groups is 1. The number of nitrogens with one attached hydrogen (secondary N) is 3. The smallest absolute Gasteiger partial charge is 0.325 e. The van der Waals surface area contributed by atoms with E-state index in [1.165, 1.54) is 12.1 Å². The fourth-order valence-corrected chi connectivity index (χ4v) is 2.36. The van der Waals surface area contributed by atoms with E-state index in [0.717, 1.165) is 5.56 Å². The van der Waals surface area contributed by atoms with Crippen LogP contribution < -0.4 is 16.2 Å². The van der Waals surface area contributed by atoms with Crippen molar-refractivity contribution in [3.8, 4) is 16.9 Å². The summed E-state index contributed by atoms with van der Waals surface area (Å²) in [4.78, 5) is 25.8. The average Bonchev–Trinajstić information content (AvgIpc) is 3.06. The van der Waals surface area contributed by atoms with Crippen molar-refractivity contribution in [1.82, 2.24) is 10.1 Å². The van der Waals surface area contributed by atoms with Crippen molar-refractivity contribution < 1.29 is 14.4 Å². The second-order valence-electron chi connectivity index (χ2n) is 7.08. The third-order valence-electron chi connectivity index (χ3n) is 3.85. The van der Waals surface area contributed by atoms with Crippen molar-refractivity contribution >= 4 is 17.5 Å². The lowest BCUT2D eigenvalue weighted by Crippen LogP contribution is -2.19. The lowest BCUT2D eigenvalue weighted by Gasteiger charge is -2.12. The molecule has 0 aliphatic carbocycles. The number of carbonyl (C=O) groups excluding carboxylic acids is 1. The van der Waals surface area contributed by atoms with E-state index >= 15 is 0 Å². The van der Waals surface area contributed by atoms with Gasteiger partial charge in [-0.2, -0.15) is 0 Å². The number of amides is 2. The van der Waals surface area contributed by atoms with Gasteiger partial charge in [0, 0.05) is 23.7 Å². The van der Waals surface area contributed by atoms with Gasteiger partial charge in [0.1, 0.15) is 11.5 Å². The first-order chi connectivity index (χ1) is 12.7. The quantitative estimate of drug-likeness (QED) is 0.526. The van der Waals surface area contributed by atoms with Gasteiger partial charge in [-0.05, 0) is 29.3 Å². The topological polar surface area (TPSA) is 120 Å². The second-order valence-corrected chi connectivity index (χ2v) is 7.08. The van der Waals surface area contributed by atoms with Crippen molar-refractivity contribution in [3.05, 3.63) is 58.7 Å². The fraction of sp³-hybridized carbons (Fsp3) is 0.211. The summed E-state index contributed by atoms with van der Waals surface area (Å²) in [6.07, 6.45) is 1.55. The minimum Gasteiger partial charge on any atom is -0.506 e. The van der Waals surface area contributed by atoms with Crippen molar-refractivity contribution in [2.24, 2.45) is 0 Å². The van der Waals surface area contributed by atoms with E-state index in [1.807, 2.05) is 20.8 Å².